The Morgan fingerprint density at radius 2 is 2.22 bits per heavy atom. The highest BCUT2D eigenvalue weighted by Crippen LogP contribution is 2.37. The molecule has 1 amide bonds. The number of likely N-dealkylation sites (tertiary alicyclic amines) is 1. The molecule has 5 rings (SSSR count). The van der Waals surface area contributed by atoms with Gasteiger partial charge < -0.3 is 24.1 Å². The van der Waals surface area contributed by atoms with Gasteiger partial charge >= 0.3 is 0 Å². The predicted octanol–water partition coefficient (Wildman–Crippen LogP) is 2.96. The van der Waals surface area contributed by atoms with Gasteiger partial charge in [-0.3, -0.25) is 15.1 Å². The van der Waals surface area contributed by atoms with Gasteiger partial charge in [0, 0.05) is 47.9 Å². The van der Waals surface area contributed by atoms with Gasteiger partial charge in [-0.15, -0.1) is 0 Å². The predicted molar refractivity (Wildman–Crippen MR) is 117 cm³/mol. The van der Waals surface area contributed by atoms with E-state index in [2.05, 4.69) is 20.6 Å². The fourth-order valence-electron chi connectivity index (χ4n) is 4.27. The van der Waals surface area contributed by atoms with Crippen molar-refractivity contribution < 1.29 is 18.7 Å². The topological polar surface area (TPSA) is 102 Å². The van der Waals surface area contributed by atoms with Crippen molar-refractivity contribution >= 4 is 11.6 Å². The van der Waals surface area contributed by atoms with E-state index in [9.17, 15) is 4.79 Å². The summed E-state index contributed by atoms with van der Waals surface area (Å²) >= 11 is 0. The standard InChI is InChI=1S/C23H25N5O4/c1-14-9-16(10-25-21(14)30-2)20-19-18(3-6-24-20)26-13-27-22(19)32-17-4-7-28(11-17)23(29)15-5-8-31-12-15/h3,5-6,8-10,12,17,22,26-27H,4,7,11,13H2,1-2H3. The molecule has 2 unspecified atom stereocenters. The summed E-state index contributed by atoms with van der Waals surface area (Å²) in [7, 11) is 1.61. The Morgan fingerprint density at radius 3 is 3.00 bits per heavy atom. The molecule has 1 saturated heterocycles. The first kappa shape index (κ1) is 20.5. The number of pyridine rings is 2. The minimum Gasteiger partial charge on any atom is -0.481 e. The maximum atomic E-state index is 12.6. The molecule has 166 valence electrons. The average molecular weight is 435 g/mol. The van der Waals surface area contributed by atoms with Crippen molar-refractivity contribution in [3.05, 3.63) is 59.8 Å². The van der Waals surface area contributed by atoms with E-state index in [1.54, 1.807) is 30.5 Å². The van der Waals surface area contributed by atoms with E-state index < -0.39 is 0 Å². The molecule has 3 aromatic rings. The Hall–Kier alpha value is -3.43. The Labute approximate surface area is 185 Å². The number of hydrogen-bond donors (Lipinski definition) is 2. The number of aryl methyl sites for hydroxylation is 1. The normalized spacial score (nSPS) is 20.0. The van der Waals surface area contributed by atoms with Gasteiger partial charge in [-0.1, -0.05) is 0 Å². The summed E-state index contributed by atoms with van der Waals surface area (Å²) in [6, 6.07) is 5.65. The molecular formula is C23H25N5O4. The molecule has 0 spiro atoms. The summed E-state index contributed by atoms with van der Waals surface area (Å²) in [5, 5.41) is 6.74. The van der Waals surface area contributed by atoms with Gasteiger partial charge in [0.15, 0.2) is 0 Å². The SMILES string of the molecule is COc1ncc(-c2nccc3c2C(OC2CCN(C(=O)c4ccoc4)C2)NCN3)cc1C. The smallest absolute Gasteiger partial charge is 0.257 e. The lowest BCUT2D eigenvalue weighted by atomic mass is 10.0. The van der Waals surface area contributed by atoms with Gasteiger partial charge in [0.1, 0.15) is 12.5 Å². The van der Waals surface area contributed by atoms with E-state index >= 15 is 0 Å². The van der Waals surface area contributed by atoms with Crippen LogP contribution in [0.25, 0.3) is 11.3 Å². The minimum absolute atomic E-state index is 0.0364. The summed E-state index contributed by atoms with van der Waals surface area (Å²) in [5.74, 6) is 0.557. The number of anilines is 1. The Balaban J connectivity index is 1.38. The lowest BCUT2D eigenvalue weighted by Gasteiger charge is -2.31. The van der Waals surface area contributed by atoms with E-state index in [1.807, 2.05) is 19.1 Å². The van der Waals surface area contributed by atoms with Crippen LogP contribution in [0.2, 0.25) is 0 Å². The first-order valence-corrected chi connectivity index (χ1v) is 10.6. The van der Waals surface area contributed by atoms with Crippen LogP contribution in [0.4, 0.5) is 5.69 Å². The molecule has 1 fully saturated rings. The molecule has 2 aliphatic heterocycles. The molecule has 9 heteroatoms. The van der Waals surface area contributed by atoms with Crippen LogP contribution in [-0.4, -0.2) is 53.7 Å². The maximum absolute atomic E-state index is 12.6. The van der Waals surface area contributed by atoms with Gasteiger partial charge in [-0.2, -0.15) is 0 Å². The third kappa shape index (κ3) is 3.80. The maximum Gasteiger partial charge on any atom is 0.257 e. The van der Waals surface area contributed by atoms with Crippen LogP contribution >= 0.6 is 0 Å². The van der Waals surface area contributed by atoms with Crippen molar-refractivity contribution in [1.29, 1.82) is 0 Å². The summed E-state index contributed by atoms with van der Waals surface area (Å²) in [4.78, 5) is 23.5. The first-order valence-electron chi connectivity index (χ1n) is 10.6. The van der Waals surface area contributed by atoms with Crippen LogP contribution in [0.15, 0.2) is 47.5 Å². The van der Waals surface area contributed by atoms with Crippen LogP contribution < -0.4 is 15.4 Å². The van der Waals surface area contributed by atoms with E-state index in [0.29, 0.717) is 31.2 Å². The monoisotopic (exact) mass is 435 g/mol. The lowest BCUT2D eigenvalue weighted by molar-refractivity contribution is -0.0261. The summed E-state index contributed by atoms with van der Waals surface area (Å²) in [5.41, 5.74) is 5.09. The molecule has 2 atom stereocenters. The highest BCUT2D eigenvalue weighted by molar-refractivity contribution is 5.94. The van der Waals surface area contributed by atoms with Crippen LogP contribution in [0.1, 0.15) is 34.1 Å². The highest BCUT2D eigenvalue weighted by atomic mass is 16.5. The van der Waals surface area contributed by atoms with Crippen LogP contribution in [0, 0.1) is 6.92 Å². The number of rotatable bonds is 5. The number of methoxy groups -OCH3 is 1. The fraction of sp³-hybridized carbons (Fsp3) is 0.348. The van der Waals surface area contributed by atoms with Gasteiger partial charge in [-0.05, 0) is 31.5 Å². The largest absolute Gasteiger partial charge is 0.481 e. The van der Waals surface area contributed by atoms with Gasteiger partial charge in [-0.25, -0.2) is 4.98 Å². The van der Waals surface area contributed by atoms with Crippen molar-refractivity contribution in [2.45, 2.75) is 25.7 Å². The van der Waals surface area contributed by atoms with Crippen molar-refractivity contribution in [3.63, 3.8) is 0 Å². The second kappa shape index (κ2) is 8.60. The van der Waals surface area contributed by atoms with Crippen molar-refractivity contribution in [1.82, 2.24) is 20.2 Å². The molecule has 3 aromatic heterocycles. The third-order valence-electron chi connectivity index (χ3n) is 5.84. The zero-order valence-electron chi connectivity index (χ0n) is 18.0. The lowest BCUT2D eigenvalue weighted by Crippen LogP contribution is -2.38. The zero-order chi connectivity index (χ0) is 22.1. The van der Waals surface area contributed by atoms with E-state index in [-0.39, 0.29) is 18.2 Å². The van der Waals surface area contributed by atoms with Gasteiger partial charge in [0.25, 0.3) is 5.91 Å². The quantitative estimate of drug-likeness (QED) is 0.631. The summed E-state index contributed by atoms with van der Waals surface area (Å²) in [6.45, 7) is 3.71. The number of amides is 1. The molecule has 0 saturated carbocycles. The molecule has 2 aliphatic rings. The number of aromatic nitrogens is 2. The summed E-state index contributed by atoms with van der Waals surface area (Å²) < 4.78 is 16.8. The number of nitrogens with one attached hydrogen (secondary N) is 2. The van der Waals surface area contributed by atoms with E-state index in [1.165, 1.54) is 12.5 Å². The second-order valence-corrected chi connectivity index (χ2v) is 7.92. The highest BCUT2D eigenvalue weighted by Gasteiger charge is 2.33. The zero-order valence-corrected chi connectivity index (χ0v) is 18.0. The minimum atomic E-state index is -0.355. The van der Waals surface area contributed by atoms with Gasteiger partial charge in [0.2, 0.25) is 5.88 Å². The van der Waals surface area contributed by atoms with Crippen molar-refractivity contribution in [3.8, 4) is 17.1 Å². The van der Waals surface area contributed by atoms with Crippen LogP contribution in [-0.2, 0) is 4.74 Å². The summed E-state index contributed by atoms with van der Waals surface area (Å²) in [6.07, 6.45) is 6.86. The van der Waals surface area contributed by atoms with Crippen molar-refractivity contribution in [2.24, 2.45) is 0 Å². The fourth-order valence-corrected chi connectivity index (χ4v) is 4.27. The molecular weight excluding hydrogens is 410 g/mol. The number of fused-ring (bicyclic) bond motifs is 1. The number of ether oxygens (including phenoxy) is 2. The van der Waals surface area contributed by atoms with Crippen LogP contribution in [0.5, 0.6) is 5.88 Å². The molecule has 5 heterocycles. The molecule has 2 N–H and O–H groups in total. The Kier molecular flexibility index (Phi) is 5.50. The molecule has 0 aliphatic carbocycles. The molecule has 0 radical (unpaired) electrons. The Bertz CT molecular complexity index is 1120. The number of nitrogens with zero attached hydrogens (tertiary/aromatic N) is 3. The third-order valence-corrected chi connectivity index (χ3v) is 5.84. The van der Waals surface area contributed by atoms with Gasteiger partial charge in [0.05, 0.1) is 37.4 Å². The van der Waals surface area contributed by atoms with Crippen LogP contribution in [0.3, 0.4) is 0 Å². The first-order chi connectivity index (χ1) is 15.6. The second-order valence-electron chi connectivity index (χ2n) is 7.92. The van der Waals surface area contributed by atoms with E-state index in [0.717, 1.165) is 34.5 Å². The molecule has 0 aromatic carbocycles. The molecule has 0 bridgehead atoms. The molecule has 32 heavy (non-hydrogen) atoms. The number of hydrogen-bond acceptors (Lipinski definition) is 8. The average Bonchev–Trinajstić information content (AvgIpc) is 3.51. The Morgan fingerprint density at radius 1 is 1.31 bits per heavy atom. The van der Waals surface area contributed by atoms with E-state index in [4.69, 9.17) is 13.9 Å². The van der Waals surface area contributed by atoms with Crippen molar-refractivity contribution in [2.75, 3.05) is 32.2 Å². The number of carbonyl (C=O) groups excluding carboxylic acids is 1. The number of furan rings is 1. The molecule has 9 nitrogen and oxygen atoms in total. The number of carbonyl (C=O) groups is 1.